The third-order valence-electron chi connectivity index (χ3n) is 3.54. The van der Waals surface area contributed by atoms with Crippen molar-refractivity contribution < 1.29 is 9.90 Å². The third-order valence-corrected chi connectivity index (χ3v) is 5.05. The van der Waals surface area contributed by atoms with Crippen molar-refractivity contribution in [2.24, 2.45) is 0 Å². The maximum absolute atomic E-state index is 12.6. The Hall–Kier alpha value is -2.05. The van der Waals surface area contributed by atoms with Crippen LogP contribution in [0.3, 0.4) is 0 Å². The number of aromatic hydroxyl groups is 1. The van der Waals surface area contributed by atoms with E-state index in [0.29, 0.717) is 10.9 Å². The van der Waals surface area contributed by atoms with Crippen molar-refractivity contribution in [3.8, 4) is 5.75 Å². The summed E-state index contributed by atoms with van der Waals surface area (Å²) < 4.78 is 0.582. The summed E-state index contributed by atoms with van der Waals surface area (Å²) in [5.74, 6) is 0.213. The molecule has 1 amide bonds. The zero-order valence-corrected chi connectivity index (χ0v) is 14.2. The summed E-state index contributed by atoms with van der Waals surface area (Å²) in [7, 11) is 0. The average molecular weight is 344 g/mol. The highest BCUT2D eigenvalue weighted by atomic mass is 32.2. The molecule has 1 heterocycles. The number of aryl methyl sites for hydroxylation is 1. The molecule has 118 valence electrons. The summed E-state index contributed by atoms with van der Waals surface area (Å²) in [5, 5.41) is 12.2. The van der Waals surface area contributed by atoms with Gasteiger partial charge in [-0.25, -0.2) is 0 Å². The van der Waals surface area contributed by atoms with E-state index < -0.39 is 0 Å². The Bertz CT molecular complexity index is 747. The van der Waals surface area contributed by atoms with Crippen LogP contribution in [0.4, 0.5) is 11.4 Å². The molecule has 1 unspecified atom stereocenters. The molecular weight excluding hydrogens is 328 g/mol. The number of rotatable bonds is 4. The topological polar surface area (TPSA) is 52.6 Å². The largest absolute Gasteiger partial charge is 0.508 e. The summed E-state index contributed by atoms with van der Waals surface area (Å²) in [5.41, 5.74) is 2.77. The molecule has 1 aliphatic heterocycles. The first-order valence-corrected chi connectivity index (χ1v) is 8.47. The number of nitrogens with zero attached hydrogens (tertiary/aromatic N) is 1. The zero-order valence-electron chi connectivity index (χ0n) is 12.5. The molecule has 6 heteroatoms. The van der Waals surface area contributed by atoms with Crippen LogP contribution in [0.5, 0.6) is 5.75 Å². The van der Waals surface area contributed by atoms with Gasteiger partial charge in [0.05, 0.1) is 5.69 Å². The molecule has 1 fully saturated rings. The predicted molar refractivity (Wildman–Crippen MR) is 99.2 cm³/mol. The van der Waals surface area contributed by atoms with Gasteiger partial charge in [-0.2, -0.15) is 0 Å². The molecule has 0 radical (unpaired) electrons. The number of phenolic OH excluding ortho intramolecular Hbond substituents is 1. The number of anilines is 2. The highest BCUT2D eigenvalue weighted by molar-refractivity contribution is 8.25. The lowest BCUT2D eigenvalue weighted by molar-refractivity contribution is -0.116. The molecule has 4 nitrogen and oxygen atoms in total. The van der Waals surface area contributed by atoms with E-state index >= 15 is 0 Å². The fourth-order valence-electron chi connectivity index (χ4n) is 2.38. The van der Waals surface area contributed by atoms with Gasteiger partial charge in [-0.05, 0) is 48.9 Å². The second-order valence-corrected chi connectivity index (χ2v) is 7.15. The van der Waals surface area contributed by atoms with E-state index in [1.54, 1.807) is 29.2 Å². The number of hydrogen-bond acceptors (Lipinski definition) is 5. The Morgan fingerprint density at radius 2 is 2.00 bits per heavy atom. The van der Waals surface area contributed by atoms with Crippen LogP contribution in [0.25, 0.3) is 0 Å². The standard InChI is InChI=1S/C17H16N2O2S2/c1-11-3-2-4-13(9-11)19-16(21)15(23-17(19)22)10-18-12-5-7-14(20)8-6-12/h2-9,15,18,20H,10H2,1H3. The van der Waals surface area contributed by atoms with Gasteiger partial charge < -0.3 is 10.4 Å². The molecule has 2 aromatic rings. The molecular formula is C17H16N2O2S2. The normalized spacial score (nSPS) is 17.6. The minimum absolute atomic E-state index is 0.00289. The first kappa shape index (κ1) is 15.8. The van der Waals surface area contributed by atoms with Crippen molar-refractivity contribution in [3.05, 3.63) is 54.1 Å². The van der Waals surface area contributed by atoms with Crippen LogP contribution >= 0.6 is 24.0 Å². The van der Waals surface area contributed by atoms with Gasteiger partial charge in [0.2, 0.25) is 5.91 Å². The van der Waals surface area contributed by atoms with Gasteiger partial charge in [-0.3, -0.25) is 9.69 Å². The Morgan fingerprint density at radius 3 is 2.70 bits per heavy atom. The van der Waals surface area contributed by atoms with Crippen LogP contribution in [-0.2, 0) is 4.79 Å². The minimum Gasteiger partial charge on any atom is -0.508 e. The molecule has 1 aliphatic rings. The van der Waals surface area contributed by atoms with E-state index in [2.05, 4.69) is 5.32 Å². The van der Waals surface area contributed by atoms with Gasteiger partial charge in [0.25, 0.3) is 0 Å². The summed E-state index contributed by atoms with van der Waals surface area (Å²) in [6.07, 6.45) is 0. The van der Waals surface area contributed by atoms with E-state index in [-0.39, 0.29) is 16.9 Å². The van der Waals surface area contributed by atoms with Crippen molar-refractivity contribution >= 4 is 45.6 Å². The first-order valence-electron chi connectivity index (χ1n) is 7.19. The zero-order chi connectivity index (χ0) is 16.4. The lowest BCUT2D eigenvalue weighted by atomic mass is 10.2. The van der Waals surface area contributed by atoms with E-state index in [4.69, 9.17) is 12.2 Å². The number of benzene rings is 2. The van der Waals surface area contributed by atoms with E-state index in [0.717, 1.165) is 16.9 Å². The Balaban J connectivity index is 1.70. The maximum Gasteiger partial charge on any atom is 0.247 e. The van der Waals surface area contributed by atoms with Gasteiger partial charge >= 0.3 is 0 Å². The summed E-state index contributed by atoms with van der Waals surface area (Å²) in [6.45, 7) is 2.47. The van der Waals surface area contributed by atoms with Crippen molar-refractivity contribution in [1.29, 1.82) is 0 Å². The van der Waals surface area contributed by atoms with Crippen molar-refractivity contribution in [2.45, 2.75) is 12.2 Å². The number of amides is 1. The smallest absolute Gasteiger partial charge is 0.247 e. The van der Waals surface area contributed by atoms with Crippen LogP contribution < -0.4 is 10.2 Å². The SMILES string of the molecule is Cc1cccc(N2C(=O)C(CNc3ccc(O)cc3)SC2=S)c1. The number of carbonyl (C=O) groups is 1. The molecule has 23 heavy (non-hydrogen) atoms. The first-order chi connectivity index (χ1) is 11.0. The van der Waals surface area contributed by atoms with Crippen molar-refractivity contribution in [1.82, 2.24) is 0 Å². The summed E-state index contributed by atoms with van der Waals surface area (Å²) in [4.78, 5) is 14.2. The minimum atomic E-state index is -0.253. The van der Waals surface area contributed by atoms with Crippen molar-refractivity contribution in [2.75, 3.05) is 16.8 Å². The number of carbonyl (C=O) groups excluding carboxylic acids is 1. The lowest BCUT2D eigenvalue weighted by Gasteiger charge is -2.16. The monoisotopic (exact) mass is 344 g/mol. The van der Waals surface area contributed by atoms with Gasteiger partial charge in [0, 0.05) is 12.2 Å². The third kappa shape index (κ3) is 3.48. The Kier molecular flexibility index (Phi) is 4.54. The molecule has 1 saturated heterocycles. The number of nitrogens with one attached hydrogen (secondary N) is 1. The predicted octanol–water partition coefficient (Wildman–Crippen LogP) is 3.55. The Morgan fingerprint density at radius 1 is 1.26 bits per heavy atom. The van der Waals surface area contributed by atoms with Gasteiger partial charge in [-0.15, -0.1) is 0 Å². The number of hydrogen-bond donors (Lipinski definition) is 2. The number of thioether (sulfide) groups is 1. The maximum atomic E-state index is 12.6. The molecule has 0 bridgehead atoms. The van der Waals surface area contributed by atoms with Crippen LogP contribution in [-0.4, -0.2) is 27.1 Å². The van der Waals surface area contributed by atoms with Crippen LogP contribution in [0.2, 0.25) is 0 Å². The molecule has 0 aromatic heterocycles. The summed E-state index contributed by atoms with van der Waals surface area (Å²) >= 11 is 6.78. The van der Waals surface area contributed by atoms with Crippen LogP contribution in [0, 0.1) is 6.92 Å². The van der Waals surface area contributed by atoms with Crippen LogP contribution in [0.15, 0.2) is 48.5 Å². The molecule has 0 saturated carbocycles. The second kappa shape index (κ2) is 6.60. The van der Waals surface area contributed by atoms with E-state index in [9.17, 15) is 9.90 Å². The van der Waals surface area contributed by atoms with E-state index in [1.165, 1.54) is 11.8 Å². The highest BCUT2D eigenvalue weighted by Gasteiger charge is 2.37. The fourth-order valence-corrected chi connectivity index (χ4v) is 3.84. The number of phenols is 1. The van der Waals surface area contributed by atoms with Crippen LogP contribution in [0.1, 0.15) is 5.56 Å². The lowest BCUT2D eigenvalue weighted by Crippen LogP contribution is -2.33. The average Bonchev–Trinajstić information content (AvgIpc) is 2.81. The fraction of sp³-hybridized carbons (Fsp3) is 0.176. The van der Waals surface area contributed by atoms with Gasteiger partial charge in [-0.1, -0.05) is 36.1 Å². The molecule has 0 spiro atoms. The van der Waals surface area contributed by atoms with E-state index in [1.807, 2.05) is 31.2 Å². The van der Waals surface area contributed by atoms with Gasteiger partial charge in [0.15, 0.2) is 0 Å². The molecule has 2 aromatic carbocycles. The molecule has 0 aliphatic carbocycles. The van der Waals surface area contributed by atoms with Gasteiger partial charge in [0.1, 0.15) is 15.3 Å². The second-order valence-electron chi connectivity index (χ2n) is 5.31. The molecule has 2 N–H and O–H groups in total. The highest BCUT2D eigenvalue weighted by Crippen LogP contribution is 2.32. The molecule has 1 atom stereocenters. The quantitative estimate of drug-likeness (QED) is 0.656. The summed E-state index contributed by atoms with van der Waals surface area (Å²) in [6, 6.07) is 14.5. The number of thiocarbonyl (C=S) groups is 1. The van der Waals surface area contributed by atoms with Crippen molar-refractivity contribution in [3.63, 3.8) is 0 Å². The Labute approximate surface area is 144 Å². The molecule has 3 rings (SSSR count).